The van der Waals surface area contributed by atoms with Gasteiger partial charge in [-0.2, -0.15) is 0 Å². The van der Waals surface area contributed by atoms with Gasteiger partial charge in [0.05, 0.1) is 12.8 Å². The van der Waals surface area contributed by atoms with Gasteiger partial charge in [0, 0.05) is 23.9 Å². The van der Waals surface area contributed by atoms with Gasteiger partial charge in [-0.3, -0.25) is 4.79 Å². The summed E-state index contributed by atoms with van der Waals surface area (Å²) < 4.78 is 5.60. The number of rotatable bonds is 7. The molecule has 31 heavy (non-hydrogen) atoms. The van der Waals surface area contributed by atoms with Crippen LogP contribution in [0.2, 0.25) is 0 Å². The first-order valence-electron chi connectivity index (χ1n) is 11.1. The number of ether oxygens (including phenoxy) is 1. The molecule has 0 bridgehead atoms. The molecule has 0 radical (unpaired) electrons. The summed E-state index contributed by atoms with van der Waals surface area (Å²) in [6, 6.07) is 12.2. The predicted molar refractivity (Wildman–Crippen MR) is 118 cm³/mol. The smallest absolute Gasteiger partial charge is 0.414 e. The van der Waals surface area contributed by atoms with Crippen LogP contribution in [-0.2, 0) is 4.79 Å². The normalized spacial score (nSPS) is 19.7. The zero-order valence-electron chi connectivity index (χ0n) is 18.4. The molecule has 2 aromatic rings. The molecule has 1 aliphatic carbocycles. The van der Waals surface area contributed by atoms with Crippen molar-refractivity contribution in [3.05, 3.63) is 58.8 Å². The standard InChI is InChI=1S/C25H30N2O4/c1-15(2)16-4-6-18(7-5-16)21(14-19-10-13-23(28)27(19)25(29)30)22-12-11-20(17-8-9-17)24(26-22)31-3/h4-7,11-12,15,17,19,21H,8-10,13-14H2,1-3H3,(H,29,30)/t19-,21?/m1/s1. The first kappa shape index (κ1) is 21.3. The average Bonchev–Trinajstić information content (AvgIpc) is 3.53. The first-order valence-corrected chi connectivity index (χ1v) is 11.1. The van der Waals surface area contributed by atoms with Gasteiger partial charge < -0.3 is 9.84 Å². The van der Waals surface area contributed by atoms with E-state index in [-0.39, 0.29) is 24.3 Å². The Hall–Kier alpha value is -2.89. The van der Waals surface area contributed by atoms with Gasteiger partial charge in [-0.05, 0) is 54.7 Å². The lowest BCUT2D eigenvalue weighted by Crippen LogP contribution is -2.38. The van der Waals surface area contributed by atoms with Crippen molar-refractivity contribution in [2.24, 2.45) is 0 Å². The Bertz CT molecular complexity index is 966. The SMILES string of the molecule is COc1nc(C(C[C@H]2CCC(=O)N2C(=O)O)c2ccc(C(C)C)cc2)ccc1C1CC1. The number of amides is 2. The number of pyridine rings is 1. The Kier molecular flexibility index (Phi) is 5.99. The maximum atomic E-state index is 12.1. The first-order chi connectivity index (χ1) is 14.9. The second-order valence-electron chi connectivity index (χ2n) is 8.96. The summed E-state index contributed by atoms with van der Waals surface area (Å²) in [7, 11) is 1.65. The van der Waals surface area contributed by atoms with E-state index in [1.165, 1.54) is 5.56 Å². The lowest BCUT2D eigenvalue weighted by Gasteiger charge is -2.26. The Morgan fingerprint density at radius 1 is 1.13 bits per heavy atom. The van der Waals surface area contributed by atoms with Gasteiger partial charge in [-0.1, -0.05) is 44.2 Å². The second kappa shape index (κ2) is 8.69. The van der Waals surface area contributed by atoms with Gasteiger partial charge in [0.15, 0.2) is 0 Å². The Labute approximate surface area is 183 Å². The lowest BCUT2D eigenvalue weighted by atomic mass is 9.86. The molecule has 164 valence electrons. The number of methoxy groups -OCH3 is 1. The van der Waals surface area contributed by atoms with E-state index in [4.69, 9.17) is 9.72 Å². The van der Waals surface area contributed by atoms with Crippen LogP contribution in [0.3, 0.4) is 0 Å². The molecule has 2 fully saturated rings. The Balaban J connectivity index is 1.70. The highest BCUT2D eigenvalue weighted by molar-refractivity contribution is 5.93. The zero-order chi connectivity index (χ0) is 22.1. The molecule has 1 N–H and O–H groups in total. The molecule has 1 saturated heterocycles. The van der Waals surface area contributed by atoms with Crippen LogP contribution in [0.4, 0.5) is 4.79 Å². The number of carboxylic acid groups (broad SMARTS) is 1. The van der Waals surface area contributed by atoms with Gasteiger partial charge >= 0.3 is 6.09 Å². The molecule has 1 unspecified atom stereocenters. The maximum Gasteiger partial charge on any atom is 0.414 e. The lowest BCUT2D eigenvalue weighted by molar-refractivity contribution is -0.126. The van der Waals surface area contributed by atoms with Crippen LogP contribution in [0.25, 0.3) is 0 Å². The van der Waals surface area contributed by atoms with Crippen LogP contribution in [-0.4, -0.2) is 40.1 Å². The molecule has 1 saturated carbocycles. The van der Waals surface area contributed by atoms with Crippen molar-refractivity contribution in [1.82, 2.24) is 9.88 Å². The van der Waals surface area contributed by atoms with Crippen molar-refractivity contribution in [2.75, 3.05) is 7.11 Å². The molecule has 1 aromatic carbocycles. The molecule has 6 nitrogen and oxygen atoms in total. The van der Waals surface area contributed by atoms with Crippen LogP contribution in [0.1, 0.15) is 86.1 Å². The Morgan fingerprint density at radius 2 is 1.81 bits per heavy atom. The minimum atomic E-state index is -1.17. The van der Waals surface area contributed by atoms with Crippen LogP contribution in [0.15, 0.2) is 36.4 Å². The highest BCUT2D eigenvalue weighted by atomic mass is 16.5. The summed E-state index contributed by atoms with van der Waals surface area (Å²) in [5, 5.41) is 9.56. The molecular formula is C25H30N2O4. The third-order valence-electron chi connectivity index (χ3n) is 6.52. The van der Waals surface area contributed by atoms with Crippen molar-refractivity contribution in [3.8, 4) is 5.88 Å². The largest absolute Gasteiger partial charge is 0.481 e. The van der Waals surface area contributed by atoms with E-state index >= 15 is 0 Å². The summed E-state index contributed by atoms with van der Waals surface area (Å²) in [5.41, 5.74) is 4.31. The van der Waals surface area contributed by atoms with Gasteiger partial charge in [-0.15, -0.1) is 0 Å². The fourth-order valence-corrected chi connectivity index (χ4v) is 4.57. The van der Waals surface area contributed by atoms with Crippen LogP contribution < -0.4 is 4.74 Å². The predicted octanol–water partition coefficient (Wildman–Crippen LogP) is 5.28. The molecule has 2 aliphatic rings. The van der Waals surface area contributed by atoms with Crippen LogP contribution >= 0.6 is 0 Å². The van der Waals surface area contributed by atoms with E-state index in [0.29, 0.717) is 30.6 Å². The van der Waals surface area contributed by atoms with E-state index in [2.05, 4.69) is 44.2 Å². The monoisotopic (exact) mass is 422 g/mol. The molecule has 2 heterocycles. The summed E-state index contributed by atoms with van der Waals surface area (Å²) in [4.78, 5) is 29.7. The second-order valence-corrected chi connectivity index (χ2v) is 8.96. The number of likely N-dealkylation sites (tertiary alicyclic amines) is 1. The number of nitrogens with zero attached hydrogens (tertiary/aromatic N) is 2. The van der Waals surface area contributed by atoms with Crippen molar-refractivity contribution in [3.63, 3.8) is 0 Å². The van der Waals surface area contributed by atoms with Gasteiger partial charge in [0.2, 0.25) is 11.8 Å². The van der Waals surface area contributed by atoms with E-state index in [1.54, 1.807) is 7.11 Å². The van der Waals surface area contributed by atoms with Crippen molar-refractivity contribution >= 4 is 12.0 Å². The summed E-state index contributed by atoms with van der Waals surface area (Å²) in [6.45, 7) is 4.31. The number of carbonyl (C=O) groups excluding carboxylic acids is 1. The van der Waals surface area contributed by atoms with Crippen molar-refractivity contribution < 1.29 is 19.4 Å². The average molecular weight is 423 g/mol. The van der Waals surface area contributed by atoms with Crippen molar-refractivity contribution in [2.45, 2.75) is 69.7 Å². The number of hydrogen-bond acceptors (Lipinski definition) is 4. The number of benzene rings is 1. The molecule has 4 rings (SSSR count). The zero-order valence-corrected chi connectivity index (χ0v) is 18.4. The molecule has 2 amide bonds. The molecule has 6 heteroatoms. The quantitative estimate of drug-likeness (QED) is 0.656. The highest BCUT2D eigenvalue weighted by Crippen LogP contribution is 2.44. The third-order valence-corrected chi connectivity index (χ3v) is 6.52. The number of aromatic nitrogens is 1. The summed E-state index contributed by atoms with van der Waals surface area (Å²) in [6.07, 6.45) is 2.48. The number of hydrogen-bond donors (Lipinski definition) is 1. The molecular weight excluding hydrogens is 392 g/mol. The van der Waals surface area contributed by atoms with Gasteiger partial charge in [0.25, 0.3) is 0 Å². The van der Waals surface area contributed by atoms with Crippen molar-refractivity contribution in [1.29, 1.82) is 0 Å². The molecule has 0 spiro atoms. The topological polar surface area (TPSA) is 79.7 Å². The molecule has 2 atom stereocenters. The van der Waals surface area contributed by atoms with Gasteiger partial charge in [0.1, 0.15) is 0 Å². The molecule has 1 aromatic heterocycles. The fraction of sp³-hybridized carbons (Fsp3) is 0.480. The summed E-state index contributed by atoms with van der Waals surface area (Å²) in [5.74, 6) is 1.16. The molecule has 1 aliphatic heterocycles. The number of imide groups is 1. The minimum Gasteiger partial charge on any atom is -0.481 e. The highest BCUT2D eigenvalue weighted by Gasteiger charge is 2.38. The van der Waals surface area contributed by atoms with E-state index in [1.807, 2.05) is 6.07 Å². The summed E-state index contributed by atoms with van der Waals surface area (Å²) >= 11 is 0. The van der Waals surface area contributed by atoms with Crippen LogP contribution in [0.5, 0.6) is 5.88 Å². The van der Waals surface area contributed by atoms with E-state index < -0.39 is 6.09 Å². The van der Waals surface area contributed by atoms with E-state index in [9.17, 15) is 14.7 Å². The third kappa shape index (κ3) is 4.43. The van der Waals surface area contributed by atoms with Gasteiger partial charge in [-0.25, -0.2) is 14.7 Å². The fourth-order valence-electron chi connectivity index (χ4n) is 4.57. The Morgan fingerprint density at radius 3 is 2.39 bits per heavy atom. The number of carbonyl (C=O) groups is 2. The maximum absolute atomic E-state index is 12.1. The van der Waals surface area contributed by atoms with E-state index in [0.717, 1.165) is 34.6 Å². The minimum absolute atomic E-state index is 0.124. The van der Waals surface area contributed by atoms with Crippen LogP contribution in [0, 0.1) is 0 Å².